The zero-order valence-electron chi connectivity index (χ0n) is 12.8. The van der Waals surface area contributed by atoms with E-state index in [1.54, 1.807) is 0 Å². The quantitative estimate of drug-likeness (QED) is 0.787. The maximum absolute atomic E-state index is 12.2. The monoisotopic (exact) mass is 255 g/mol. The highest BCUT2D eigenvalue weighted by atomic mass is 16.5. The highest BCUT2D eigenvalue weighted by molar-refractivity contribution is 5.77. The highest BCUT2D eigenvalue weighted by Crippen LogP contribution is 2.38. The average molecular weight is 255 g/mol. The summed E-state index contributed by atoms with van der Waals surface area (Å²) in [7, 11) is 0. The molecule has 0 aromatic heterocycles. The molecular formula is C15H29NO2. The van der Waals surface area contributed by atoms with Crippen molar-refractivity contribution in [3.8, 4) is 0 Å². The van der Waals surface area contributed by atoms with Crippen molar-refractivity contribution in [3.05, 3.63) is 0 Å². The summed E-state index contributed by atoms with van der Waals surface area (Å²) in [6.07, 6.45) is 4.26. The van der Waals surface area contributed by atoms with E-state index in [0.717, 1.165) is 25.7 Å². The SMILES string of the molecule is CC1(C)CCC(OC(=O)C(C)(C)C(C)(C)N)CC1. The van der Waals surface area contributed by atoms with Crippen LogP contribution in [0.4, 0.5) is 0 Å². The number of rotatable bonds is 3. The number of carbonyl (C=O) groups excluding carboxylic acids is 1. The molecule has 3 heteroatoms. The van der Waals surface area contributed by atoms with Crippen molar-refractivity contribution in [2.45, 2.75) is 78.9 Å². The maximum Gasteiger partial charge on any atom is 0.313 e. The molecule has 0 unspecified atom stereocenters. The van der Waals surface area contributed by atoms with E-state index in [4.69, 9.17) is 10.5 Å². The number of carbonyl (C=O) groups is 1. The fourth-order valence-corrected chi connectivity index (χ4v) is 2.05. The van der Waals surface area contributed by atoms with Gasteiger partial charge in [-0.2, -0.15) is 0 Å². The topological polar surface area (TPSA) is 52.3 Å². The Labute approximate surface area is 111 Å². The fourth-order valence-electron chi connectivity index (χ4n) is 2.05. The second kappa shape index (κ2) is 4.84. The highest BCUT2D eigenvalue weighted by Gasteiger charge is 2.43. The first-order valence-corrected chi connectivity index (χ1v) is 6.96. The molecule has 2 N–H and O–H groups in total. The molecule has 0 heterocycles. The Balaban J connectivity index is 2.57. The van der Waals surface area contributed by atoms with Crippen LogP contribution in [0.1, 0.15) is 67.2 Å². The summed E-state index contributed by atoms with van der Waals surface area (Å²) in [5.74, 6) is -0.167. The van der Waals surface area contributed by atoms with Crippen molar-refractivity contribution >= 4 is 5.97 Å². The Morgan fingerprint density at radius 3 is 2.00 bits per heavy atom. The molecule has 1 aliphatic rings. The van der Waals surface area contributed by atoms with Crippen LogP contribution in [0, 0.1) is 10.8 Å². The molecule has 0 spiro atoms. The predicted octanol–water partition coefficient (Wildman–Crippen LogP) is 3.26. The summed E-state index contributed by atoms with van der Waals surface area (Å²) in [5, 5.41) is 0. The van der Waals surface area contributed by atoms with E-state index < -0.39 is 11.0 Å². The second-order valence-corrected chi connectivity index (χ2v) is 7.62. The van der Waals surface area contributed by atoms with Crippen molar-refractivity contribution in [2.75, 3.05) is 0 Å². The summed E-state index contributed by atoms with van der Waals surface area (Å²) in [6.45, 7) is 12.0. The van der Waals surface area contributed by atoms with Crippen LogP contribution in [0.15, 0.2) is 0 Å². The molecule has 1 saturated carbocycles. The molecule has 0 radical (unpaired) electrons. The minimum absolute atomic E-state index is 0.0761. The van der Waals surface area contributed by atoms with E-state index >= 15 is 0 Å². The lowest BCUT2D eigenvalue weighted by molar-refractivity contribution is -0.165. The van der Waals surface area contributed by atoms with Gasteiger partial charge in [-0.05, 0) is 58.8 Å². The number of hydrogen-bond donors (Lipinski definition) is 1. The minimum Gasteiger partial charge on any atom is -0.462 e. The second-order valence-electron chi connectivity index (χ2n) is 7.62. The molecule has 1 aliphatic carbocycles. The molecule has 3 nitrogen and oxygen atoms in total. The van der Waals surface area contributed by atoms with Gasteiger partial charge in [-0.15, -0.1) is 0 Å². The summed E-state index contributed by atoms with van der Waals surface area (Å²) in [6, 6.07) is 0. The third-order valence-electron chi connectivity index (χ3n) is 4.68. The van der Waals surface area contributed by atoms with Crippen LogP contribution in [0.3, 0.4) is 0 Å². The first-order valence-electron chi connectivity index (χ1n) is 6.96. The summed E-state index contributed by atoms with van der Waals surface area (Å²) in [5.41, 5.74) is 5.23. The summed E-state index contributed by atoms with van der Waals surface area (Å²) in [4.78, 5) is 12.2. The lowest BCUT2D eigenvalue weighted by Gasteiger charge is -2.39. The fraction of sp³-hybridized carbons (Fsp3) is 0.933. The Bertz CT molecular complexity index is 303. The molecule has 0 atom stereocenters. The van der Waals surface area contributed by atoms with Crippen molar-refractivity contribution in [1.82, 2.24) is 0 Å². The van der Waals surface area contributed by atoms with Gasteiger partial charge in [0.15, 0.2) is 0 Å². The first-order chi connectivity index (χ1) is 7.96. The van der Waals surface area contributed by atoms with Crippen molar-refractivity contribution in [3.63, 3.8) is 0 Å². The average Bonchev–Trinajstić information content (AvgIpc) is 2.19. The van der Waals surface area contributed by atoms with E-state index in [1.165, 1.54) is 0 Å². The number of esters is 1. The number of nitrogens with two attached hydrogens (primary N) is 1. The van der Waals surface area contributed by atoms with Gasteiger partial charge in [0.1, 0.15) is 6.10 Å². The molecule has 0 saturated heterocycles. The van der Waals surface area contributed by atoms with Crippen LogP contribution < -0.4 is 5.73 Å². The predicted molar refractivity (Wildman–Crippen MR) is 74.2 cm³/mol. The third kappa shape index (κ3) is 3.47. The molecule has 0 bridgehead atoms. The molecule has 18 heavy (non-hydrogen) atoms. The zero-order valence-corrected chi connectivity index (χ0v) is 12.8. The summed E-state index contributed by atoms with van der Waals surface area (Å²) >= 11 is 0. The van der Waals surface area contributed by atoms with Gasteiger partial charge in [-0.3, -0.25) is 4.79 Å². The number of hydrogen-bond acceptors (Lipinski definition) is 3. The van der Waals surface area contributed by atoms with Gasteiger partial charge in [-0.1, -0.05) is 13.8 Å². The van der Waals surface area contributed by atoms with Gasteiger partial charge in [0.25, 0.3) is 0 Å². The van der Waals surface area contributed by atoms with Gasteiger partial charge >= 0.3 is 5.97 Å². The molecular weight excluding hydrogens is 226 g/mol. The van der Waals surface area contributed by atoms with Crippen molar-refractivity contribution < 1.29 is 9.53 Å². The van der Waals surface area contributed by atoms with Crippen LogP contribution >= 0.6 is 0 Å². The Morgan fingerprint density at radius 2 is 1.61 bits per heavy atom. The molecule has 1 fully saturated rings. The van der Waals surface area contributed by atoms with Crippen LogP contribution in [-0.4, -0.2) is 17.6 Å². The lowest BCUT2D eigenvalue weighted by atomic mass is 9.74. The largest absolute Gasteiger partial charge is 0.462 e. The molecule has 0 aliphatic heterocycles. The minimum atomic E-state index is -0.653. The van der Waals surface area contributed by atoms with Gasteiger partial charge in [0, 0.05) is 5.54 Å². The standard InChI is InChI=1S/C15H29NO2/c1-13(2)9-7-11(8-10-13)18-12(17)14(3,4)15(5,6)16/h11H,7-10,16H2,1-6H3. The van der Waals surface area contributed by atoms with Crippen molar-refractivity contribution in [2.24, 2.45) is 16.6 Å². The normalized spacial score (nSPS) is 21.7. The molecule has 1 rings (SSSR count). The molecule has 0 amide bonds. The first kappa shape index (κ1) is 15.5. The Kier molecular flexibility index (Phi) is 4.16. The van der Waals surface area contributed by atoms with Gasteiger partial charge in [0.2, 0.25) is 0 Å². The van der Waals surface area contributed by atoms with Crippen LogP contribution in [0.5, 0.6) is 0 Å². The van der Waals surface area contributed by atoms with Gasteiger partial charge in [-0.25, -0.2) is 0 Å². The van der Waals surface area contributed by atoms with Crippen LogP contribution in [0.2, 0.25) is 0 Å². The molecule has 0 aromatic rings. The smallest absolute Gasteiger partial charge is 0.313 e. The maximum atomic E-state index is 12.2. The lowest BCUT2D eigenvalue weighted by Crippen LogP contribution is -2.53. The van der Waals surface area contributed by atoms with Crippen LogP contribution in [-0.2, 0) is 9.53 Å². The van der Waals surface area contributed by atoms with Gasteiger partial charge in [0.05, 0.1) is 5.41 Å². The number of ether oxygens (including phenoxy) is 1. The van der Waals surface area contributed by atoms with E-state index in [1.807, 2.05) is 27.7 Å². The Hall–Kier alpha value is -0.570. The van der Waals surface area contributed by atoms with E-state index in [0.29, 0.717) is 5.41 Å². The van der Waals surface area contributed by atoms with Crippen LogP contribution in [0.25, 0.3) is 0 Å². The van der Waals surface area contributed by atoms with Gasteiger partial charge < -0.3 is 10.5 Å². The van der Waals surface area contributed by atoms with E-state index in [9.17, 15) is 4.79 Å². The molecule has 0 aromatic carbocycles. The van der Waals surface area contributed by atoms with Crippen molar-refractivity contribution in [1.29, 1.82) is 0 Å². The Morgan fingerprint density at radius 1 is 1.17 bits per heavy atom. The summed E-state index contributed by atoms with van der Waals surface area (Å²) < 4.78 is 5.66. The third-order valence-corrected chi connectivity index (χ3v) is 4.68. The van der Waals surface area contributed by atoms with E-state index in [2.05, 4.69) is 13.8 Å². The van der Waals surface area contributed by atoms with E-state index in [-0.39, 0.29) is 12.1 Å². The zero-order chi connectivity index (χ0) is 14.2. The molecule has 106 valence electrons.